The molecule has 0 aromatic heterocycles. The highest BCUT2D eigenvalue weighted by Crippen LogP contribution is 2.32. The van der Waals surface area contributed by atoms with Crippen LogP contribution in [0.25, 0.3) is 0 Å². The van der Waals surface area contributed by atoms with Crippen molar-refractivity contribution >= 4 is 23.4 Å². The average Bonchev–Trinajstić information content (AvgIpc) is 2.68. The second-order valence-corrected chi connectivity index (χ2v) is 7.13. The Morgan fingerprint density at radius 3 is 2.63 bits per heavy atom. The summed E-state index contributed by atoms with van der Waals surface area (Å²) in [6.45, 7) is 8.70. The zero-order valence-electron chi connectivity index (χ0n) is 15.8. The highest BCUT2D eigenvalue weighted by Gasteiger charge is 2.42. The van der Waals surface area contributed by atoms with Crippen molar-refractivity contribution < 1.29 is 14.4 Å². The van der Waals surface area contributed by atoms with Gasteiger partial charge in [0.1, 0.15) is 0 Å². The van der Waals surface area contributed by atoms with Gasteiger partial charge in [0.15, 0.2) is 0 Å². The molecule has 27 heavy (non-hydrogen) atoms. The normalized spacial score (nSPS) is 21.5. The van der Waals surface area contributed by atoms with Gasteiger partial charge in [0.25, 0.3) is 5.91 Å². The Hall–Kier alpha value is -2.89. The first-order valence-electron chi connectivity index (χ1n) is 9.25. The number of amides is 3. The van der Waals surface area contributed by atoms with Gasteiger partial charge in [-0.15, -0.1) is 0 Å². The summed E-state index contributed by atoms with van der Waals surface area (Å²) in [5.41, 5.74) is 4.57. The number of hydrogen-bond acceptors (Lipinski definition) is 3. The van der Waals surface area contributed by atoms with E-state index < -0.39 is 0 Å². The number of hydrazine groups is 1. The van der Waals surface area contributed by atoms with E-state index in [1.165, 1.54) is 5.01 Å². The highest BCUT2D eigenvalue weighted by molar-refractivity contribution is 6.05. The van der Waals surface area contributed by atoms with Crippen molar-refractivity contribution in [2.75, 3.05) is 18.1 Å². The molecule has 142 valence electrons. The maximum Gasteiger partial charge on any atom is 0.254 e. The minimum atomic E-state index is -0.348. The minimum Gasteiger partial charge on any atom is -0.335 e. The van der Waals surface area contributed by atoms with Crippen molar-refractivity contribution in [3.8, 4) is 0 Å². The Bertz CT molecular complexity index is 815. The van der Waals surface area contributed by atoms with Crippen molar-refractivity contribution in [3.63, 3.8) is 0 Å². The maximum absolute atomic E-state index is 12.9. The van der Waals surface area contributed by atoms with Crippen molar-refractivity contribution in [2.24, 2.45) is 11.8 Å². The van der Waals surface area contributed by atoms with Crippen LogP contribution in [0.3, 0.4) is 0 Å². The summed E-state index contributed by atoms with van der Waals surface area (Å²) in [6, 6.07) is 6.82. The molecule has 1 aliphatic carbocycles. The molecule has 1 heterocycles. The van der Waals surface area contributed by atoms with Crippen molar-refractivity contribution in [1.82, 2.24) is 10.3 Å². The number of allylic oxidation sites excluding steroid dienone is 2. The first kappa shape index (κ1) is 18.9. The fraction of sp³-hybridized carbons (Fsp3) is 0.381. The van der Waals surface area contributed by atoms with Crippen LogP contribution < -0.4 is 10.4 Å². The molecule has 0 bridgehead atoms. The van der Waals surface area contributed by atoms with Crippen molar-refractivity contribution in [3.05, 3.63) is 54.1 Å². The van der Waals surface area contributed by atoms with Crippen LogP contribution in [-0.2, 0) is 9.59 Å². The fourth-order valence-electron chi connectivity index (χ4n) is 3.60. The molecule has 1 aromatic carbocycles. The average molecular weight is 367 g/mol. The third-order valence-electron chi connectivity index (χ3n) is 5.01. The molecule has 1 saturated heterocycles. The number of fused-ring (bicyclic) bond motifs is 1. The van der Waals surface area contributed by atoms with Crippen LogP contribution in [0.2, 0.25) is 0 Å². The smallest absolute Gasteiger partial charge is 0.254 e. The largest absolute Gasteiger partial charge is 0.335 e. The van der Waals surface area contributed by atoms with Gasteiger partial charge in [-0.25, -0.2) is 5.01 Å². The molecule has 3 amide bonds. The molecule has 2 atom stereocenters. The number of hydrogen-bond donors (Lipinski definition) is 1. The number of benzene rings is 1. The van der Waals surface area contributed by atoms with Crippen molar-refractivity contribution in [1.29, 1.82) is 0 Å². The minimum absolute atomic E-state index is 0.128. The Labute approximate surface area is 159 Å². The quantitative estimate of drug-likeness (QED) is 0.814. The molecule has 3 rings (SSSR count). The number of nitrogens with one attached hydrogen (secondary N) is 1. The summed E-state index contributed by atoms with van der Waals surface area (Å²) in [4.78, 5) is 39.8. The van der Waals surface area contributed by atoms with E-state index in [0.29, 0.717) is 37.2 Å². The van der Waals surface area contributed by atoms with Gasteiger partial charge in [0, 0.05) is 18.7 Å². The summed E-state index contributed by atoms with van der Waals surface area (Å²) >= 11 is 0. The third-order valence-corrected chi connectivity index (χ3v) is 5.01. The van der Waals surface area contributed by atoms with Gasteiger partial charge in [-0.05, 0) is 44.9 Å². The monoisotopic (exact) mass is 367 g/mol. The van der Waals surface area contributed by atoms with E-state index in [1.54, 1.807) is 29.2 Å². The van der Waals surface area contributed by atoms with Gasteiger partial charge >= 0.3 is 0 Å². The van der Waals surface area contributed by atoms with E-state index in [2.05, 4.69) is 12.0 Å². The van der Waals surface area contributed by atoms with Crippen LogP contribution in [0.5, 0.6) is 0 Å². The molecule has 0 saturated carbocycles. The highest BCUT2D eigenvalue weighted by atomic mass is 16.2. The van der Waals surface area contributed by atoms with Gasteiger partial charge in [0.2, 0.25) is 11.8 Å². The molecular formula is C21H25N3O3. The van der Waals surface area contributed by atoms with Crippen LogP contribution in [0.4, 0.5) is 5.69 Å². The van der Waals surface area contributed by atoms with Gasteiger partial charge < -0.3 is 4.90 Å². The number of rotatable bonds is 5. The number of anilines is 1. The molecule has 1 fully saturated rings. The lowest BCUT2D eigenvalue weighted by molar-refractivity contribution is -0.139. The van der Waals surface area contributed by atoms with E-state index in [1.807, 2.05) is 26.0 Å². The summed E-state index contributed by atoms with van der Waals surface area (Å²) in [5.74, 6) is -1.08. The van der Waals surface area contributed by atoms with Crippen LogP contribution in [0, 0.1) is 11.8 Å². The zero-order valence-corrected chi connectivity index (χ0v) is 15.8. The van der Waals surface area contributed by atoms with E-state index in [0.717, 1.165) is 5.57 Å². The second kappa shape index (κ2) is 7.78. The first-order chi connectivity index (χ1) is 12.9. The molecule has 6 heteroatoms. The summed E-state index contributed by atoms with van der Waals surface area (Å²) in [6.07, 6.45) is 5.05. The fourth-order valence-corrected chi connectivity index (χ4v) is 3.60. The number of nitrogens with zero attached hydrogens (tertiary/aromatic N) is 2. The number of carbonyl (C=O) groups is 3. The summed E-state index contributed by atoms with van der Waals surface area (Å²) < 4.78 is 0. The first-order valence-corrected chi connectivity index (χ1v) is 9.25. The predicted octanol–water partition coefficient (Wildman–Crippen LogP) is 2.69. The standard InChI is InChI=1S/C21H25N3O3/c1-4-23(13-14(2)3)20(26)15-8-7-9-16(12-15)24-21(27)18-11-6-5-10-17(18)19(25)22-24/h5-9,12,17-18H,2,4,10-11,13H2,1,3H3,(H,22,25)/t17-,18+/m0/s1. The van der Waals surface area contributed by atoms with Gasteiger partial charge in [-0.3, -0.25) is 19.8 Å². The molecule has 6 nitrogen and oxygen atoms in total. The van der Waals surface area contributed by atoms with E-state index in [4.69, 9.17) is 0 Å². The SMILES string of the molecule is C=C(C)CN(CC)C(=O)c1cccc(N2NC(=O)[C@H]3CC=CC[C@H]3C2=O)c1. The molecule has 1 N–H and O–H groups in total. The third kappa shape index (κ3) is 3.79. The second-order valence-electron chi connectivity index (χ2n) is 7.13. The van der Waals surface area contributed by atoms with Crippen LogP contribution in [-0.4, -0.2) is 35.7 Å². The number of likely N-dealkylation sites (N-methyl/N-ethyl adjacent to an activating group) is 1. The maximum atomic E-state index is 12.9. The molecular weight excluding hydrogens is 342 g/mol. The summed E-state index contributed by atoms with van der Waals surface area (Å²) in [5, 5.41) is 1.29. The molecule has 0 unspecified atom stereocenters. The molecule has 0 radical (unpaired) electrons. The lowest BCUT2D eigenvalue weighted by Gasteiger charge is -2.38. The summed E-state index contributed by atoms with van der Waals surface area (Å²) in [7, 11) is 0. The van der Waals surface area contributed by atoms with Crippen LogP contribution in [0.15, 0.2) is 48.6 Å². The van der Waals surface area contributed by atoms with E-state index in [9.17, 15) is 14.4 Å². The molecule has 1 aliphatic heterocycles. The Kier molecular flexibility index (Phi) is 5.44. The lowest BCUT2D eigenvalue weighted by atomic mass is 9.80. The van der Waals surface area contributed by atoms with Gasteiger partial charge in [-0.2, -0.15) is 0 Å². The van der Waals surface area contributed by atoms with Crippen LogP contribution in [0.1, 0.15) is 37.0 Å². The van der Waals surface area contributed by atoms with Crippen molar-refractivity contribution in [2.45, 2.75) is 26.7 Å². The predicted molar refractivity (Wildman–Crippen MR) is 104 cm³/mol. The van der Waals surface area contributed by atoms with E-state index >= 15 is 0 Å². The Balaban J connectivity index is 1.86. The Morgan fingerprint density at radius 1 is 1.26 bits per heavy atom. The van der Waals surface area contributed by atoms with Gasteiger partial charge in [0.05, 0.1) is 17.5 Å². The molecule has 1 aromatic rings. The van der Waals surface area contributed by atoms with Gasteiger partial charge in [-0.1, -0.05) is 30.4 Å². The molecule has 0 spiro atoms. The zero-order chi connectivity index (χ0) is 19.6. The topological polar surface area (TPSA) is 69.7 Å². The van der Waals surface area contributed by atoms with E-state index in [-0.39, 0.29) is 29.6 Å². The lowest BCUT2D eigenvalue weighted by Crippen LogP contribution is -2.59. The Morgan fingerprint density at radius 2 is 1.96 bits per heavy atom. The number of carbonyl (C=O) groups excluding carboxylic acids is 3. The molecule has 2 aliphatic rings. The van der Waals surface area contributed by atoms with Crippen LogP contribution >= 0.6 is 0 Å².